The van der Waals surface area contributed by atoms with Crippen molar-refractivity contribution in [3.05, 3.63) is 97.2 Å². The number of ketones is 1. The Morgan fingerprint density at radius 3 is 2.61 bits per heavy atom. The highest BCUT2D eigenvalue weighted by Crippen LogP contribution is 2.30. The van der Waals surface area contributed by atoms with Crippen LogP contribution in [0.25, 0.3) is 6.08 Å². The summed E-state index contributed by atoms with van der Waals surface area (Å²) in [5.74, 6) is 0.428. The Bertz CT molecular complexity index is 1290. The van der Waals surface area contributed by atoms with Crippen LogP contribution in [0.4, 0.5) is 0 Å². The van der Waals surface area contributed by atoms with Crippen molar-refractivity contribution in [1.82, 2.24) is 0 Å². The van der Waals surface area contributed by atoms with Gasteiger partial charge in [0.25, 0.3) is 0 Å². The molecule has 0 aromatic heterocycles. The number of aliphatic imine (C=N–C) groups is 1. The Balaban J connectivity index is 1.52. The summed E-state index contributed by atoms with van der Waals surface area (Å²) in [4.78, 5) is 29.0. The number of ether oxygens (including phenoxy) is 3. The number of carbonyl (C=O) groups excluding carboxylic acids is 2. The number of cyclic esters (lactones) is 1. The van der Waals surface area contributed by atoms with Crippen LogP contribution in [0, 0.1) is 3.57 Å². The Morgan fingerprint density at radius 1 is 1.09 bits per heavy atom. The summed E-state index contributed by atoms with van der Waals surface area (Å²) in [6.45, 7) is -0.119. The van der Waals surface area contributed by atoms with Crippen LogP contribution >= 0.6 is 38.5 Å². The largest absolute Gasteiger partial charge is 0.493 e. The standard InChI is InChI=1S/C25H17BrINO5/c1-31-23-12-15(7-10-22(23)32-14-21(29)16-5-3-2-4-6-16)11-20-25(30)33-24(28-20)17-8-9-19(27)18(26)13-17/h2-13H,14H2,1H3/b20-11-. The van der Waals surface area contributed by atoms with Crippen LogP contribution in [0.15, 0.2) is 81.9 Å². The molecule has 0 aliphatic carbocycles. The maximum absolute atomic E-state index is 12.3. The topological polar surface area (TPSA) is 74.2 Å². The molecule has 6 nitrogen and oxygen atoms in total. The van der Waals surface area contributed by atoms with Crippen molar-refractivity contribution in [3.63, 3.8) is 0 Å². The normalized spacial score (nSPS) is 14.1. The summed E-state index contributed by atoms with van der Waals surface area (Å²) in [6.07, 6.45) is 1.61. The second-order valence-electron chi connectivity index (χ2n) is 6.95. The van der Waals surface area contributed by atoms with Crippen LogP contribution in [0.5, 0.6) is 11.5 Å². The number of halogens is 2. The van der Waals surface area contributed by atoms with Crippen molar-refractivity contribution in [3.8, 4) is 11.5 Å². The van der Waals surface area contributed by atoms with Crippen molar-refractivity contribution in [2.24, 2.45) is 4.99 Å². The molecule has 1 aliphatic rings. The van der Waals surface area contributed by atoms with Crippen molar-refractivity contribution < 1.29 is 23.8 Å². The molecule has 1 heterocycles. The molecule has 0 N–H and O–H groups in total. The van der Waals surface area contributed by atoms with Gasteiger partial charge in [-0.2, -0.15) is 0 Å². The van der Waals surface area contributed by atoms with E-state index in [4.69, 9.17) is 14.2 Å². The van der Waals surface area contributed by atoms with Gasteiger partial charge in [0.15, 0.2) is 29.6 Å². The third-order valence-electron chi connectivity index (χ3n) is 4.73. The van der Waals surface area contributed by atoms with E-state index in [2.05, 4.69) is 43.5 Å². The first-order valence-electron chi connectivity index (χ1n) is 9.81. The number of methoxy groups -OCH3 is 1. The van der Waals surface area contributed by atoms with Gasteiger partial charge >= 0.3 is 5.97 Å². The van der Waals surface area contributed by atoms with E-state index in [-0.39, 0.29) is 24.0 Å². The number of nitrogens with zero attached hydrogens (tertiary/aromatic N) is 1. The predicted molar refractivity (Wildman–Crippen MR) is 137 cm³/mol. The van der Waals surface area contributed by atoms with E-state index in [1.165, 1.54) is 7.11 Å². The summed E-state index contributed by atoms with van der Waals surface area (Å²) in [6, 6.07) is 19.7. The van der Waals surface area contributed by atoms with Gasteiger partial charge in [0.2, 0.25) is 5.90 Å². The number of Topliss-reactive ketones (excluding diaryl/α,β-unsaturated/α-hetero) is 1. The lowest BCUT2D eigenvalue weighted by Gasteiger charge is -2.11. The third-order valence-corrected chi connectivity index (χ3v) is 7.07. The molecule has 3 aromatic rings. The van der Waals surface area contributed by atoms with Gasteiger partial charge in [-0.1, -0.05) is 36.4 Å². The van der Waals surface area contributed by atoms with Crippen LogP contribution < -0.4 is 9.47 Å². The molecule has 0 fully saturated rings. The molecule has 4 rings (SSSR count). The number of hydrogen-bond acceptors (Lipinski definition) is 6. The maximum Gasteiger partial charge on any atom is 0.363 e. The van der Waals surface area contributed by atoms with Crippen molar-refractivity contribution >= 4 is 62.2 Å². The minimum atomic E-state index is -0.535. The van der Waals surface area contributed by atoms with Crippen LogP contribution in [0.3, 0.4) is 0 Å². The molecule has 0 unspecified atom stereocenters. The van der Waals surface area contributed by atoms with Gasteiger partial charge in [-0.05, 0) is 80.5 Å². The molecular weight excluding hydrogens is 601 g/mol. The molecule has 8 heteroatoms. The van der Waals surface area contributed by atoms with E-state index in [1.807, 2.05) is 24.3 Å². The average Bonchev–Trinajstić information content (AvgIpc) is 3.20. The highest BCUT2D eigenvalue weighted by Gasteiger charge is 2.24. The third kappa shape index (κ3) is 5.51. The SMILES string of the molecule is COc1cc(/C=C2\N=C(c3ccc(I)c(Br)c3)OC2=O)ccc1OCC(=O)c1ccccc1. The lowest BCUT2D eigenvalue weighted by molar-refractivity contribution is -0.129. The highest BCUT2D eigenvalue weighted by molar-refractivity contribution is 14.1. The molecule has 166 valence electrons. The molecule has 0 saturated heterocycles. The van der Waals surface area contributed by atoms with Crippen LogP contribution in [0.1, 0.15) is 21.5 Å². The molecular formula is C25H17BrINO5. The quantitative estimate of drug-likeness (QED) is 0.148. The molecule has 3 aromatic carbocycles. The number of benzene rings is 3. The van der Waals surface area contributed by atoms with Crippen molar-refractivity contribution in [2.45, 2.75) is 0 Å². The molecule has 33 heavy (non-hydrogen) atoms. The van der Waals surface area contributed by atoms with Gasteiger partial charge in [-0.3, -0.25) is 4.79 Å². The lowest BCUT2D eigenvalue weighted by atomic mass is 10.1. The van der Waals surface area contributed by atoms with E-state index >= 15 is 0 Å². The predicted octanol–water partition coefficient (Wildman–Crippen LogP) is 5.67. The molecule has 1 aliphatic heterocycles. The second-order valence-corrected chi connectivity index (χ2v) is 8.97. The Kier molecular flexibility index (Phi) is 7.24. The fourth-order valence-corrected chi connectivity index (χ4v) is 3.78. The van der Waals surface area contributed by atoms with E-state index in [1.54, 1.807) is 48.5 Å². The monoisotopic (exact) mass is 617 g/mol. The van der Waals surface area contributed by atoms with Crippen molar-refractivity contribution in [2.75, 3.05) is 13.7 Å². The van der Waals surface area contributed by atoms with Gasteiger partial charge in [0.05, 0.1) is 7.11 Å². The average molecular weight is 618 g/mol. The number of rotatable bonds is 7. The van der Waals surface area contributed by atoms with Gasteiger partial charge < -0.3 is 14.2 Å². The van der Waals surface area contributed by atoms with E-state index in [9.17, 15) is 9.59 Å². The van der Waals surface area contributed by atoms with Gasteiger partial charge in [-0.15, -0.1) is 0 Å². The Labute approximate surface area is 212 Å². The zero-order valence-electron chi connectivity index (χ0n) is 17.4. The van der Waals surface area contributed by atoms with Crippen LogP contribution in [-0.4, -0.2) is 31.4 Å². The molecule has 0 atom stereocenters. The number of esters is 1. The van der Waals surface area contributed by atoms with E-state index < -0.39 is 5.97 Å². The first-order valence-corrected chi connectivity index (χ1v) is 11.7. The number of carbonyl (C=O) groups is 2. The summed E-state index contributed by atoms with van der Waals surface area (Å²) >= 11 is 5.67. The summed E-state index contributed by atoms with van der Waals surface area (Å²) in [5, 5.41) is 0. The molecule has 0 bridgehead atoms. The van der Waals surface area contributed by atoms with Crippen molar-refractivity contribution in [1.29, 1.82) is 0 Å². The van der Waals surface area contributed by atoms with Crippen LogP contribution in [0.2, 0.25) is 0 Å². The van der Waals surface area contributed by atoms with Gasteiger partial charge in [0.1, 0.15) is 0 Å². The summed E-state index contributed by atoms with van der Waals surface area (Å²) in [5.41, 5.74) is 2.12. The smallest absolute Gasteiger partial charge is 0.363 e. The zero-order valence-corrected chi connectivity index (χ0v) is 21.1. The van der Waals surface area contributed by atoms with E-state index in [0.717, 1.165) is 8.04 Å². The Morgan fingerprint density at radius 2 is 1.88 bits per heavy atom. The lowest BCUT2D eigenvalue weighted by Crippen LogP contribution is -2.11. The first kappa shape index (κ1) is 23.2. The zero-order chi connectivity index (χ0) is 23.4. The minimum absolute atomic E-state index is 0.119. The Hall–Kier alpha value is -2.98. The highest BCUT2D eigenvalue weighted by atomic mass is 127. The molecule has 0 spiro atoms. The van der Waals surface area contributed by atoms with Gasteiger partial charge in [0, 0.05) is 19.2 Å². The van der Waals surface area contributed by atoms with E-state index in [0.29, 0.717) is 28.2 Å². The first-order chi connectivity index (χ1) is 15.9. The fraction of sp³-hybridized carbons (Fsp3) is 0.0800. The molecule has 0 amide bonds. The fourth-order valence-electron chi connectivity index (χ4n) is 3.06. The van der Waals surface area contributed by atoms with Crippen LogP contribution in [-0.2, 0) is 9.53 Å². The molecule has 0 saturated carbocycles. The molecule has 0 radical (unpaired) electrons. The number of hydrogen-bond donors (Lipinski definition) is 0. The summed E-state index contributed by atoms with van der Waals surface area (Å²) in [7, 11) is 1.51. The maximum atomic E-state index is 12.3. The summed E-state index contributed by atoms with van der Waals surface area (Å²) < 4.78 is 18.3. The minimum Gasteiger partial charge on any atom is -0.493 e. The van der Waals surface area contributed by atoms with Gasteiger partial charge in [-0.25, -0.2) is 9.79 Å². The second kappa shape index (κ2) is 10.3.